The highest BCUT2D eigenvalue weighted by molar-refractivity contribution is 6.03. The number of oxime groups is 1. The molecule has 2 rings (SSSR count). The number of hydrogen-bond donors (Lipinski definition) is 3. The lowest BCUT2D eigenvalue weighted by Crippen LogP contribution is -2.21. The predicted molar refractivity (Wildman–Crippen MR) is 74.5 cm³/mol. The van der Waals surface area contributed by atoms with Gasteiger partial charge in [-0.15, -0.1) is 0 Å². The summed E-state index contributed by atoms with van der Waals surface area (Å²) in [6.45, 7) is 1.61. The second-order valence-electron chi connectivity index (χ2n) is 4.16. The summed E-state index contributed by atoms with van der Waals surface area (Å²) in [6, 6.07) is 8.29. The Morgan fingerprint density at radius 3 is 2.95 bits per heavy atom. The van der Waals surface area contributed by atoms with Crippen molar-refractivity contribution in [3.63, 3.8) is 0 Å². The van der Waals surface area contributed by atoms with Crippen molar-refractivity contribution in [1.82, 2.24) is 5.16 Å². The number of anilines is 1. The first-order valence-electron chi connectivity index (χ1n) is 6.03. The number of nitrogens with two attached hydrogens (primary N) is 1. The number of aryl methyl sites for hydroxylation is 1. The number of para-hydroxylation sites is 2. The summed E-state index contributed by atoms with van der Waals surface area (Å²) in [4.78, 5) is 12.0. The molecule has 1 heterocycles. The molecule has 0 radical (unpaired) electrons. The van der Waals surface area contributed by atoms with Crippen LogP contribution in [0.3, 0.4) is 0 Å². The molecule has 8 heteroatoms. The molecule has 0 fully saturated rings. The van der Waals surface area contributed by atoms with Crippen LogP contribution in [0.15, 0.2) is 40.0 Å². The lowest BCUT2D eigenvalue weighted by atomic mass is 10.2. The summed E-state index contributed by atoms with van der Waals surface area (Å²) in [6.07, 6.45) is 0. The molecule has 0 aliphatic carbocycles. The summed E-state index contributed by atoms with van der Waals surface area (Å²) in [5.74, 6) is -0.0511. The second kappa shape index (κ2) is 6.42. The van der Waals surface area contributed by atoms with E-state index in [2.05, 4.69) is 15.6 Å². The Hall–Kier alpha value is -3.03. The smallest absolute Gasteiger partial charge is 0.294 e. The van der Waals surface area contributed by atoms with E-state index in [4.69, 9.17) is 20.2 Å². The number of nitrogens with one attached hydrogen (secondary N) is 1. The molecule has 8 nitrogen and oxygen atoms in total. The van der Waals surface area contributed by atoms with E-state index in [1.165, 1.54) is 6.07 Å². The molecule has 21 heavy (non-hydrogen) atoms. The van der Waals surface area contributed by atoms with Crippen molar-refractivity contribution in [3.05, 3.63) is 41.8 Å². The van der Waals surface area contributed by atoms with Gasteiger partial charge in [0, 0.05) is 6.07 Å². The number of carbonyl (C=O) groups is 1. The molecule has 0 spiro atoms. The van der Waals surface area contributed by atoms with Crippen LogP contribution in [0.5, 0.6) is 5.75 Å². The quantitative estimate of drug-likeness (QED) is 0.330. The van der Waals surface area contributed by atoms with Crippen molar-refractivity contribution in [2.75, 3.05) is 11.9 Å². The Balaban J connectivity index is 2.11. The highest BCUT2D eigenvalue weighted by atomic mass is 16.5. The second-order valence-corrected chi connectivity index (χ2v) is 4.16. The van der Waals surface area contributed by atoms with Gasteiger partial charge in [0.05, 0.1) is 11.4 Å². The van der Waals surface area contributed by atoms with E-state index in [1.807, 2.05) is 0 Å². The highest BCUT2D eigenvalue weighted by Crippen LogP contribution is 2.24. The van der Waals surface area contributed by atoms with E-state index in [1.54, 1.807) is 31.2 Å². The third-order valence-electron chi connectivity index (χ3n) is 2.49. The van der Waals surface area contributed by atoms with Crippen molar-refractivity contribution >= 4 is 17.4 Å². The van der Waals surface area contributed by atoms with Crippen LogP contribution < -0.4 is 15.8 Å². The van der Waals surface area contributed by atoms with Gasteiger partial charge >= 0.3 is 0 Å². The van der Waals surface area contributed by atoms with Gasteiger partial charge in [-0.05, 0) is 19.1 Å². The molecule has 0 bridgehead atoms. The van der Waals surface area contributed by atoms with Gasteiger partial charge < -0.3 is 25.5 Å². The third-order valence-corrected chi connectivity index (χ3v) is 2.49. The van der Waals surface area contributed by atoms with Crippen molar-refractivity contribution < 1.29 is 19.3 Å². The number of carbonyl (C=O) groups excluding carboxylic acids is 1. The molecule has 0 saturated heterocycles. The van der Waals surface area contributed by atoms with E-state index in [9.17, 15) is 4.79 Å². The lowest BCUT2D eigenvalue weighted by molar-refractivity contribution is 0.0987. The maximum Gasteiger partial charge on any atom is 0.294 e. The van der Waals surface area contributed by atoms with E-state index in [-0.39, 0.29) is 18.2 Å². The van der Waals surface area contributed by atoms with Crippen LogP contribution in [0.25, 0.3) is 0 Å². The minimum atomic E-state index is -0.449. The van der Waals surface area contributed by atoms with Crippen LogP contribution in [-0.2, 0) is 0 Å². The summed E-state index contributed by atoms with van der Waals surface area (Å²) >= 11 is 0. The van der Waals surface area contributed by atoms with Crippen LogP contribution in [0.4, 0.5) is 5.69 Å². The van der Waals surface area contributed by atoms with Gasteiger partial charge in [-0.3, -0.25) is 4.79 Å². The van der Waals surface area contributed by atoms with Gasteiger partial charge in [0.2, 0.25) is 5.76 Å². The fraction of sp³-hybridized carbons (Fsp3) is 0.154. The molecule has 0 unspecified atom stereocenters. The number of hydrogen-bond acceptors (Lipinski definition) is 6. The number of amides is 1. The van der Waals surface area contributed by atoms with Crippen molar-refractivity contribution in [1.29, 1.82) is 0 Å². The minimum absolute atomic E-state index is 0.0815. The summed E-state index contributed by atoms with van der Waals surface area (Å²) < 4.78 is 10.2. The molecule has 1 aromatic carbocycles. The first-order chi connectivity index (χ1) is 10.1. The van der Waals surface area contributed by atoms with Gasteiger partial charge in [0.1, 0.15) is 12.4 Å². The third kappa shape index (κ3) is 3.72. The zero-order valence-electron chi connectivity index (χ0n) is 11.2. The Bertz CT molecular complexity index is 666. The van der Waals surface area contributed by atoms with Crippen LogP contribution in [0.2, 0.25) is 0 Å². The maximum absolute atomic E-state index is 12.0. The Kier molecular flexibility index (Phi) is 4.39. The molecule has 0 atom stereocenters. The van der Waals surface area contributed by atoms with E-state index < -0.39 is 5.91 Å². The SMILES string of the molecule is Cc1cc(C(=O)Nc2ccccc2OCC(N)=NO)on1. The van der Waals surface area contributed by atoms with Gasteiger partial charge in [-0.2, -0.15) is 0 Å². The standard InChI is InChI=1S/C13H14N4O4/c1-8-6-11(21-17-8)13(18)15-9-4-2-3-5-10(9)20-7-12(14)16-19/h2-6,19H,7H2,1H3,(H2,14,16)(H,15,18). The van der Waals surface area contributed by atoms with Gasteiger partial charge in [-0.25, -0.2) is 0 Å². The number of amidine groups is 1. The van der Waals surface area contributed by atoms with Crippen molar-refractivity contribution in [3.8, 4) is 5.75 Å². The molecule has 1 amide bonds. The molecular formula is C13H14N4O4. The fourth-order valence-corrected chi connectivity index (χ4v) is 1.53. The first kappa shape index (κ1) is 14.4. The summed E-state index contributed by atoms with van der Waals surface area (Å²) in [5, 5.41) is 17.6. The molecule has 110 valence electrons. The Labute approximate surface area is 120 Å². The van der Waals surface area contributed by atoms with Crippen LogP contribution in [0.1, 0.15) is 16.2 Å². The van der Waals surface area contributed by atoms with E-state index in [0.717, 1.165) is 0 Å². The number of aromatic nitrogens is 1. The van der Waals surface area contributed by atoms with E-state index >= 15 is 0 Å². The molecule has 0 aliphatic heterocycles. The predicted octanol–water partition coefficient (Wildman–Crippen LogP) is 1.36. The molecule has 1 aromatic heterocycles. The largest absolute Gasteiger partial charge is 0.483 e. The van der Waals surface area contributed by atoms with Crippen molar-refractivity contribution in [2.24, 2.45) is 10.9 Å². The Morgan fingerprint density at radius 1 is 1.52 bits per heavy atom. The minimum Gasteiger partial charge on any atom is -0.483 e. The van der Waals surface area contributed by atoms with Gasteiger partial charge in [-0.1, -0.05) is 22.4 Å². The number of benzene rings is 1. The molecule has 0 aliphatic rings. The maximum atomic E-state index is 12.0. The van der Waals surface area contributed by atoms with Crippen LogP contribution in [0, 0.1) is 6.92 Å². The Morgan fingerprint density at radius 2 is 2.29 bits per heavy atom. The average Bonchev–Trinajstić information content (AvgIpc) is 2.92. The fourth-order valence-electron chi connectivity index (χ4n) is 1.53. The zero-order valence-corrected chi connectivity index (χ0v) is 11.2. The zero-order chi connectivity index (χ0) is 15.2. The number of ether oxygens (including phenoxy) is 1. The average molecular weight is 290 g/mol. The van der Waals surface area contributed by atoms with Gasteiger partial charge in [0.25, 0.3) is 5.91 Å². The normalized spacial score (nSPS) is 11.2. The monoisotopic (exact) mass is 290 g/mol. The van der Waals surface area contributed by atoms with Gasteiger partial charge in [0.15, 0.2) is 5.84 Å². The molecule has 2 aromatic rings. The molecule has 4 N–H and O–H groups in total. The van der Waals surface area contributed by atoms with Crippen molar-refractivity contribution in [2.45, 2.75) is 6.92 Å². The molecule has 0 saturated carbocycles. The number of nitrogens with zero attached hydrogens (tertiary/aromatic N) is 2. The molecular weight excluding hydrogens is 276 g/mol. The first-order valence-corrected chi connectivity index (χ1v) is 6.03. The van der Waals surface area contributed by atoms with E-state index in [0.29, 0.717) is 17.1 Å². The topological polar surface area (TPSA) is 123 Å². The number of rotatable bonds is 5. The van der Waals surface area contributed by atoms with Crippen LogP contribution >= 0.6 is 0 Å². The summed E-state index contributed by atoms with van der Waals surface area (Å²) in [7, 11) is 0. The van der Waals surface area contributed by atoms with Crippen LogP contribution in [-0.4, -0.2) is 28.7 Å². The highest BCUT2D eigenvalue weighted by Gasteiger charge is 2.14. The lowest BCUT2D eigenvalue weighted by Gasteiger charge is -2.10. The summed E-state index contributed by atoms with van der Waals surface area (Å²) in [5.41, 5.74) is 6.37.